The zero-order valence-electron chi connectivity index (χ0n) is 19.1. The number of hydrogen-bond donors (Lipinski definition) is 0. The van der Waals surface area contributed by atoms with Crippen molar-refractivity contribution in [3.8, 4) is 0 Å². The molecule has 8 heteroatoms. The van der Waals surface area contributed by atoms with Gasteiger partial charge in [0, 0.05) is 43.3 Å². The van der Waals surface area contributed by atoms with Gasteiger partial charge >= 0.3 is 5.97 Å². The van der Waals surface area contributed by atoms with E-state index >= 15 is 0 Å². The molecule has 0 aliphatic carbocycles. The van der Waals surface area contributed by atoms with Crippen LogP contribution in [-0.4, -0.2) is 70.7 Å². The molecule has 2 aliphatic rings. The highest BCUT2D eigenvalue weighted by Gasteiger charge is 2.33. The van der Waals surface area contributed by atoms with Crippen molar-refractivity contribution in [1.82, 2.24) is 14.4 Å². The molecule has 0 bridgehead atoms. The molecule has 2 saturated heterocycles. The van der Waals surface area contributed by atoms with Crippen molar-refractivity contribution < 1.29 is 23.9 Å². The highest BCUT2D eigenvalue weighted by atomic mass is 16.5. The number of likely N-dealkylation sites (tertiary alicyclic amines) is 2. The van der Waals surface area contributed by atoms with Crippen LogP contribution in [0.4, 0.5) is 0 Å². The predicted octanol–water partition coefficient (Wildman–Crippen LogP) is 2.64. The molecule has 3 heterocycles. The van der Waals surface area contributed by atoms with E-state index in [2.05, 4.69) is 0 Å². The first-order valence-electron chi connectivity index (χ1n) is 11.9. The zero-order valence-corrected chi connectivity index (χ0v) is 19.1. The topological polar surface area (TPSA) is 88.9 Å². The number of hydrogen-bond acceptors (Lipinski definition) is 5. The normalized spacial score (nSPS) is 18.9. The van der Waals surface area contributed by atoms with Crippen LogP contribution in [0.15, 0.2) is 30.5 Å². The summed E-state index contributed by atoms with van der Waals surface area (Å²) in [5.41, 5.74) is 1.04. The standard InChI is InChI=1S/C25H31N3O5/c1-2-33-25(32)18-9-8-14-27(15-18)24(31)23(30)20-16-28(21-11-5-4-10-19(20)21)17-22(29)26-12-6-3-7-13-26/h4-5,10-11,16,18H,2-3,6-9,12-15,17H2,1H3/t18-/m1/s1. The Morgan fingerprint density at radius 3 is 2.45 bits per heavy atom. The summed E-state index contributed by atoms with van der Waals surface area (Å²) in [6.07, 6.45) is 6.09. The van der Waals surface area contributed by atoms with Gasteiger partial charge in [-0.2, -0.15) is 0 Å². The number of esters is 1. The number of ether oxygens (including phenoxy) is 1. The molecule has 1 aromatic heterocycles. The summed E-state index contributed by atoms with van der Waals surface area (Å²) in [6, 6.07) is 7.33. The Balaban J connectivity index is 1.54. The van der Waals surface area contributed by atoms with Crippen LogP contribution in [0.25, 0.3) is 10.9 Å². The summed E-state index contributed by atoms with van der Waals surface area (Å²) in [7, 11) is 0. The molecule has 2 aromatic rings. The van der Waals surface area contributed by atoms with Crippen LogP contribution >= 0.6 is 0 Å². The van der Waals surface area contributed by atoms with Crippen molar-refractivity contribution in [3.05, 3.63) is 36.0 Å². The van der Waals surface area contributed by atoms with Gasteiger partial charge in [0.15, 0.2) is 0 Å². The van der Waals surface area contributed by atoms with E-state index in [4.69, 9.17) is 4.74 Å². The van der Waals surface area contributed by atoms with Gasteiger partial charge in [-0.05, 0) is 45.1 Å². The maximum Gasteiger partial charge on any atom is 0.310 e. The molecule has 2 aliphatic heterocycles. The quantitative estimate of drug-likeness (QED) is 0.381. The van der Waals surface area contributed by atoms with Crippen LogP contribution in [0.3, 0.4) is 0 Å². The van der Waals surface area contributed by atoms with E-state index in [1.54, 1.807) is 23.8 Å². The smallest absolute Gasteiger partial charge is 0.310 e. The monoisotopic (exact) mass is 453 g/mol. The number of rotatable bonds is 6. The van der Waals surface area contributed by atoms with Crippen molar-refractivity contribution in [2.45, 2.75) is 45.6 Å². The fraction of sp³-hybridized carbons (Fsp3) is 0.520. The van der Waals surface area contributed by atoms with Crippen LogP contribution in [0.2, 0.25) is 0 Å². The van der Waals surface area contributed by atoms with Gasteiger partial charge in [0.05, 0.1) is 18.1 Å². The summed E-state index contributed by atoms with van der Waals surface area (Å²) >= 11 is 0. The Bertz CT molecular complexity index is 1050. The van der Waals surface area contributed by atoms with E-state index in [-0.39, 0.29) is 31.6 Å². The van der Waals surface area contributed by atoms with E-state index < -0.39 is 17.6 Å². The van der Waals surface area contributed by atoms with Crippen molar-refractivity contribution in [1.29, 1.82) is 0 Å². The average molecular weight is 454 g/mol. The molecular weight excluding hydrogens is 422 g/mol. The lowest BCUT2D eigenvalue weighted by Gasteiger charge is -2.31. The first-order chi connectivity index (χ1) is 16.0. The number of aromatic nitrogens is 1. The maximum atomic E-state index is 13.2. The number of benzene rings is 1. The summed E-state index contributed by atoms with van der Waals surface area (Å²) in [5.74, 6) is -1.93. The van der Waals surface area contributed by atoms with E-state index in [1.165, 1.54) is 4.90 Å². The number of carbonyl (C=O) groups excluding carboxylic acids is 4. The lowest BCUT2D eigenvalue weighted by molar-refractivity contribution is -0.150. The van der Waals surface area contributed by atoms with E-state index in [1.807, 2.05) is 23.1 Å². The van der Waals surface area contributed by atoms with Crippen LogP contribution in [0, 0.1) is 5.92 Å². The molecule has 0 radical (unpaired) electrons. The van der Waals surface area contributed by atoms with E-state index in [9.17, 15) is 19.2 Å². The zero-order chi connectivity index (χ0) is 23.4. The summed E-state index contributed by atoms with van der Waals surface area (Å²) in [4.78, 5) is 54.6. The third kappa shape index (κ3) is 4.94. The van der Waals surface area contributed by atoms with Gasteiger partial charge in [-0.3, -0.25) is 19.2 Å². The lowest BCUT2D eigenvalue weighted by atomic mass is 9.97. The van der Waals surface area contributed by atoms with Crippen LogP contribution in [0.5, 0.6) is 0 Å². The maximum absolute atomic E-state index is 13.2. The van der Waals surface area contributed by atoms with Gasteiger partial charge in [-0.15, -0.1) is 0 Å². The average Bonchev–Trinajstić information content (AvgIpc) is 3.22. The van der Waals surface area contributed by atoms with Crippen molar-refractivity contribution >= 4 is 34.5 Å². The van der Waals surface area contributed by atoms with Gasteiger partial charge in [0.2, 0.25) is 5.91 Å². The predicted molar refractivity (Wildman–Crippen MR) is 123 cm³/mol. The molecule has 33 heavy (non-hydrogen) atoms. The lowest BCUT2D eigenvalue weighted by Crippen LogP contribution is -2.45. The first kappa shape index (κ1) is 23.0. The molecule has 0 N–H and O–H groups in total. The molecule has 8 nitrogen and oxygen atoms in total. The largest absolute Gasteiger partial charge is 0.466 e. The minimum absolute atomic E-state index is 0.0223. The van der Waals surface area contributed by atoms with E-state index in [0.29, 0.717) is 30.3 Å². The Hall–Kier alpha value is -3.16. The highest BCUT2D eigenvalue weighted by molar-refractivity contribution is 6.45. The van der Waals surface area contributed by atoms with Crippen molar-refractivity contribution in [2.24, 2.45) is 5.92 Å². The number of nitrogens with zero attached hydrogens (tertiary/aromatic N) is 3. The van der Waals surface area contributed by atoms with Gasteiger partial charge in [-0.1, -0.05) is 18.2 Å². The molecule has 0 spiro atoms. The van der Waals surface area contributed by atoms with Gasteiger partial charge < -0.3 is 19.1 Å². The number of piperidine rings is 2. The number of fused-ring (bicyclic) bond motifs is 1. The third-order valence-corrected chi connectivity index (χ3v) is 6.57. The number of ketones is 1. The fourth-order valence-corrected chi connectivity index (χ4v) is 4.82. The highest BCUT2D eigenvalue weighted by Crippen LogP contribution is 2.25. The Kier molecular flexibility index (Phi) is 7.11. The first-order valence-corrected chi connectivity index (χ1v) is 11.9. The minimum atomic E-state index is -0.616. The molecule has 2 fully saturated rings. The molecule has 176 valence electrons. The molecule has 0 saturated carbocycles. The molecule has 2 amide bonds. The Labute approximate surface area is 193 Å². The third-order valence-electron chi connectivity index (χ3n) is 6.57. The van der Waals surface area contributed by atoms with Crippen molar-refractivity contribution in [2.75, 3.05) is 32.8 Å². The summed E-state index contributed by atoms with van der Waals surface area (Å²) < 4.78 is 6.87. The van der Waals surface area contributed by atoms with Crippen LogP contribution in [-0.2, 0) is 25.7 Å². The molecule has 0 unspecified atom stereocenters. The molecule has 1 atom stereocenters. The summed E-state index contributed by atoms with van der Waals surface area (Å²) in [5, 5.41) is 0.654. The number of Topliss-reactive ketones (excluding diaryl/α,β-unsaturated/α-hetero) is 1. The van der Waals surface area contributed by atoms with E-state index in [0.717, 1.165) is 37.9 Å². The second-order valence-corrected chi connectivity index (χ2v) is 8.80. The minimum Gasteiger partial charge on any atom is -0.466 e. The van der Waals surface area contributed by atoms with Crippen LogP contribution < -0.4 is 0 Å². The van der Waals surface area contributed by atoms with Gasteiger partial charge in [0.25, 0.3) is 11.7 Å². The van der Waals surface area contributed by atoms with Crippen molar-refractivity contribution in [3.63, 3.8) is 0 Å². The second-order valence-electron chi connectivity index (χ2n) is 8.80. The Morgan fingerprint density at radius 2 is 1.70 bits per heavy atom. The number of amides is 2. The number of carbonyl (C=O) groups is 4. The van der Waals surface area contributed by atoms with Gasteiger partial charge in [-0.25, -0.2) is 0 Å². The molecule has 1 aromatic carbocycles. The molecular formula is C25H31N3O5. The SMILES string of the molecule is CCOC(=O)[C@@H]1CCCN(C(=O)C(=O)c2cn(CC(=O)N3CCCCC3)c3ccccc23)C1. The van der Waals surface area contributed by atoms with Crippen LogP contribution in [0.1, 0.15) is 49.4 Å². The fourth-order valence-electron chi connectivity index (χ4n) is 4.82. The second kappa shape index (κ2) is 10.2. The van der Waals surface area contributed by atoms with Gasteiger partial charge in [0.1, 0.15) is 6.54 Å². The Morgan fingerprint density at radius 1 is 0.970 bits per heavy atom. The number of para-hydroxylation sites is 1. The summed E-state index contributed by atoms with van der Waals surface area (Å²) in [6.45, 7) is 4.33. The molecule has 4 rings (SSSR count).